The number of amides is 1. The van der Waals surface area contributed by atoms with Crippen LogP contribution in [0.3, 0.4) is 0 Å². The molecule has 1 amide bonds. The van der Waals surface area contributed by atoms with Crippen molar-refractivity contribution in [2.75, 3.05) is 31.6 Å². The number of carbonyl (C=O) groups is 1. The van der Waals surface area contributed by atoms with Gasteiger partial charge in [0.25, 0.3) is 5.91 Å². The van der Waals surface area contributed by atoms with Crippen LogP contribution in [0.4, 0.5) is 5.95 Å². The largest absolute Gasteiger partial charge is 0.375 e. The molecule has 1 aromatic rings. The summed E-state index contributed by atoms with van der Waals surface area (Å²) < 4.78 is 5.89. The van der Waals surface area contributed by atoms with Gasteiger partial charge in [-0.15, -0.1) is 0 Å². The molecule has 2 aliphatic rings. The van der Waals surface area contributed by atoms with Gasteiger partial charge in [0.05, 0.1) is 11.2 Å². The zero-order chi connectivity index (χ0) is 14.7. The van der Waals surface area contributed by atoms with Crippen molar-refractivity contribution in [3.63, 3.8) is 0 Å². The van der Waals surface area contributed by atoms with E-state index >= 15 is 0 Å². The molecular weight excluding hydrogens is 268 g/mol. The lowest BCUT2D eigenvalue weighted by Gasteiger charge is -2.38. The smallest absolute Gasteiger partial charge is 0.256 e. The zero-order valence-electron chi connectivity index (χ0n) is 12.5. The number of piperidine rings is 1. The minimum Gasteiger partial charge on any atom is -0.375 e. The van der Waals surface area contributed by atoms with Crippen LogP contribution in [0.2, 0.25) is 0 Å². The van der Waals surface area contributed by atoms with Crippen LogP contribution in [0.25, 0.3) is 0 Å². The molecule has 0 bridgehead atoms. The first kappa shape index (κ1) is 14.3. The molecular formula is C15H22N4O2. The van der Waals surface area contributed by atoms with E-state index in [1.807, 2.05) is 11.8 Å². The highest BCUT2D eigenvalue weighted by molar-refractivity contribution is 5.93. The molecule has 0 aliphatic carbocycles. The maximum absolute atomic E-state index is 12.5. The number of ether oxygens (including phenoxy) is 1. The van der Waals surface area contributed by atoms with Crippen LogP contribution in [0, 0.1) is 0 Å². The van der Waals surface area contributed by atoms with Crippen LogP contribution >= 0.6 is 0 Å². The SMILES string of the molecule is CCNc1ncc(C(=O)N2CCC3(CCCO3)CC2)cn1. The third-order valence-corrected chi connectivity index (χ3v) is 4.38. The number of rotatable bonds is 3. The topological polar surface area (TPSA) is 67.4 Å². The van der Waals surface area contributed by atoms with Crippen molar-refractivity contribution in [2.24, 2.45) is 0 Å². The Morgan fingerprint density at radius 1 is 1.33 bits per heavy atom. The van der Waals surface area contributed by atoms with Crippen LogP contribution in [0.5, 0.6) is 0 Å². The molecule has 0 atom stereocenters. The van der Waals surface area contributed by atoms with E-state index in [4.69, 9.17) is 4.74 Å². The van der Waals surface area contributed by atoms with Crippen molar-refractivity contribution in [3.05, 3.63) is 18.0 Å². The number of hydrogen-bond donors (Lipinski definition) is 1. The average Bonchev–Trinajstić information content (AvgIpc) is 2.97. The molecule has 0 unspecified atom stereocenters. The summed E-state index contributed by atoms with van der Waals surface area (Å²) in [7, 11) is 0. The van der Waals surface area contributed by atoms with E-state index in [0.717, 1.165) is 51.9 Å². The summed E-state index contributed by atoms with van der Waals surface area (Å²) in [6.45, 7) is 5.13. The Morgan fingerprint density at radius 3 is 2.62 bits per heavy atom. The van der Waals surface area contributed by atoms with E-state index in [-0.39, 0.29) is 11.5 Å². The van der Waals surface area contributed by atoms with E-state index in [9.17, 15) is 4.79 Å². The van der Waals surface area contributed by atoms with E-state index in [1.165, 1.54) is 0 Å². The fraction of sp³-hybridized carbons (Fsp3) is 0.667. The lowest BCUT2D eigenvalue weighted by molar-refractivity contribution is -0.0387. The summed E-state index contributed by atoms with van der Waals surface area (Å²) in [6, 6.07) is 0. The van der Waals surface area contributed by atoms with Crippen LogP contribution in [-0.2, 0) is 4.74 Å². The van der Waals surface area contributed by atoms with E-state index in [1.54, 1.807) is 12.4 Å². The van der Waals surface area contributed by atoms with Crippen molar-refractivity contribution in [2.45, 2.75) is 38.2 Å². The zero-order valence-corrected chi connectivity index (χ0v) is 12.5. The van der Waals surface area contributed by atoms with E-state index < -0.39 is 0 Å². The summed E-state index contributed by atoms with van der Waals surface area (Å²) in [5.74, 6) is 0.580. The molecule has 3 rings (SSSR count). The van der Waals surface area contributed by atoms with Gasteiger partial charge in [-0.2, -0.15) is 0 Å². The second kappa shape index (κ2) is 5.97. The Hall–Kier alpha value is -1.69. The van der Waals surface area contributed by atoms with Crippen molar-refractivity contribution in [1.29, 1.82) is 0 Å². The summed E-state index contributed by atoms with van der Waals surface area (Å²) >= 11 is 0. The first-order chi connectivity index (χ1) is 10.2. The standard InChI is InChI=1S/C15H22N4O2/c1-2-16-14-17-10-12(11-18-14)13(20)19-7-5-15(6-8-19)4-3-9-21-15/h10-11H,2-9H2,1H3,(H,16,17,18). The van der Waals surface area contributed by atoms with Gasteiger partial charge >= 0.3 is 0 Å². The van der Waals surface area contributed by atoms with Gasteiger partial charge in [-0.25, -0.2) is 9.97 Å². The monoisotopic (exact) mass is 290 g/mol. The van der Waals surface area contributed by atoms with Gasteiger partial charge < -0.3 is 15.0 Å². The third kappa shape index (κ3) is 3.00. The number of carbonyl (C=O) groups excluding carboxylic acids is 1. The van der Waals surface area contributed by atoms with Gasteiger partial charge in [0.15, 0.2) is 0 Å². The predicted octanol–water partition coefficient (Wildman–Crippen LogP) is 1.69. The van der Waals surface area contributed by atoms with Crippen LogP contribution < -0.4 is 5.32 Å². The minimum absolute atomic E-state index is 0.0193. The summed E-state index contributed by atoms with van der Waals surface area (Å²) in [6.07, 6.45) is 7.36. The van der Waals surface area contributed by atoms with Crippen molar-refractivity contribution < 1.29 is 9.53 Å². The highest BCUT2D eigenvalue weighted by atomic mass is 16.5. The van der Waals surface area contributed by atoms with Crippen LogP contribution in [-0.4, -0.2) is 52.6 Å². The van der Waals surface area contributed by atoms with E-state index in [2.05, 4.69) is 15.3 Å². The Balaban J connectivity index is 1.60. The molecule has 2 aliphatic heterocycles. The van der Waals surface area contributed by atoms with Gasteiger partial charge in [0.2, 0.25) is 5.95 Å². The number of nitrogens with one attached hydrogen (secondary N) is 1. The van der Waals surface area contributed by atoms with Gasteiger partial charge in [-0.05, 0) is 32.6 Å². The van der Waals surface area contributed by atoms with Crippen LogP contribution in [0.15, 0.2) is 12.4 Å². The number of aromatic nitrogens is 2. The lowest BCUT2D eigenvalue weighted by Crippen LogP contribution is -2.46. The summed E-state index contributed by atoms with van der Waals surface area (Å²) in [5, 5.41) is 3.02. The maximum Gasteiger partial charge on any atom is 0.256 e. The Bertz CT molecular complexity index is 487. The van der Waals surface area contributed by atoms with E-state index in [0.29, 0.717) is 11.5 Å². The molecule has 0 saturated carbocycles. The number of hydrogen-bond acceptors (Lipinski definition) is 5. The second-order valence-corrected chi connectivity index (χ2v) is 5.75. The van der Waals surface area contributed by atoms with Crippen molar-refractivity contribution in [1.82, 2.24) is 14.9 Å². The molecule has 6 nitrogen and oxygen atoms in total. The van der Waals surface area contributed by atoms with Gasteiger partial charge in [0.1, 0.15) is 0 Å². The Labute approximate surface area is 124 Å². The molecule has 1 aromatic heterocycles. The Kier molecular flexibility index (Phi) is 4.05. The molecule has 1 spiro atoms. The number of nitrogens with zero attached hydrogens (tertiary/aromatic N) is 3. The Morgan fingerprint density at radius 2 is 2.05 bits per heavy atom. The van der Waals surface area contributed by atoms with Crippen LogP contribution in [0.1, 0.15) is 43.0 Å². The highest BCUT2D eigenvalue weighted by Crippen LogP contribution is 2.35. The normalized spacial score (nSPS) is 20.7. The molecule has 1 N–H and O–H groups in total. The number of likely N-dealkylation sites (tertiary alicyclic amines) is 1. The summed E-state index contributed by atoms with van der Waals surface area (Å²) in [4.78, 5) is 22.7. The fourth-order valence-corrected chi connectivity index (χ4v) is 3.14. The minimum atomic E-state index is 0.0193. The molecule has 114 valence electrons. The first-order valence-electron chi connectivity index (χ1n) is 7.72. The molecule has 21 heavy (non-hydrogen) atoms. The molecule has 0 aromatic carbocycles. The van der Waals surface area contributed by atoms with Gasteiger partial charge in [0, 0.05) is 38.6 Å². The van der Waals surface area contributed by atoms with Crippen molar-refractivity contribution >= 4 is 11.9 Å². The molecule has 2 saturated heterocycles. The summed E-state index contributed by atoms with van der Waals surface area (Å²) in [5.41, 5.74) is 0.599. The molecule has 0 radical (unpaired) electrons. The third-order valence-electron chi connectivity index (χ3n) is 4.38. The predicted molar refractivity (Wildman–Crippen MR) is 79.3 cm³/mol. The quantitative estimate of drug-likeness (QED) is 0.917. The van der Waals surface area contributed by atoms with Crippen molar-refractivity contribution in [3.8, 4) is 0 Å². The fourth-order valence-electron chi connectivity index (χ4n) is 3.14. The first-order valence-corrected chi connectivity index (χ1v) is 7.72. The lowest BCUT2D eigenvalue weighted by atomic mass is 9.88. The van der Waals surface area contributed by atoms with Gasteiger partial charge in [-0.1, -0.05) is 0 Å². The van der Waals surface area contributed by atoms with Gasteiger partial charge in [-0.3, -0.25) is 4.79 Å². The maximum atomic E-state index is 12.5. The molecule has 6 heteroatoms. The average molecular weight is 290 g/mol. The molecule has 2 fully saturated rings. The number of anilines is 1. The highest BCUT2D eigenvalue weighted by Gasteiger charge is 2.39. The molecule has 3 heterocycles. The second-order valence-electron chi connectivity index (χ2n) is 5.75.